The zero-order valence-electron chi connectivity index (χ0n) is 19.4. The molecule has 6 heterocycles. The summed E-state index contributed by atoms with van der Waals surface area (Å²) in [4.78, 5) is 9.97. The Kier molecular flexibility index (Phi) is 4.86. The van der Waals surface area contributed by atoms with E-state index in [1.54, 1.807) is 24.7 Å². The first-order chi connectivity index (χ1) is 15.9. The molecule has 3 aromatic heterocycles. The van der Waals surface area contributed by atoms with Crippen LogP contribution in [0.4, 0.5) is 11.5 Å². The number of aliphatic hydroxyl groups is 1. The zero-order valence-corrected chi connectivity index (χ0v) is 19.4. The molecule has 2 N–H and O–H groups in total. The van der Waals surface area contributed by atoms with E-state index in [9.17, 15) is 5.11 Å². The monoisotopic (exact) mass is 453 g/mol. The number of hydrogen-bond donors (Lipinski definition) is 2. The summed E-state index contributed by atoms with van der Waals surface area (Å²) in [5.74, 6) is 1.65. The Morgan fingerprint density at radius 2 is 1.94 bits per heavy atom. The second-order valence-electron chi connectivity index (χ2n) is 9.91. The van der Waals surface area contributed by atoms with E-state index in [2.05, 4.69) is 33.0 Å². The van der Waals surface area contributed by atoms with E-state index < -0.39 is 5.60 Å². The van der Waals surface area contributed by atoms with Gasteiger partial charge in [-0.25, -0.2) is 4.98 Å². The fraction of sp³-hybridized carbons (Fsp3) is 0.609. The summed E-state index contributed by atoms with van der Waals surface area (Å²) in [5.41, 5.74) is 1.22. The Morgan fingerprint density at radius 1 is 1.15 bits per heavy atom. The topological polar surface area (TPSA) is 105 Å². The van der Waals surface area contributed by atoms with Gasteiger partial charge in [0, 0.05) is 24.7 Å². The minimum Gasteiger partial charge on any atom is -0.384 e. The number of H-pyrrole nitrogens is 1. The number of nitrogens with one attached hydrogen (secondary N) is 1. The Morgan fingerprint density at radius 3 is 2.61 bits per heavy atom. The fourth-order valence-electron chi connectivity index (χ4n) is 5.49. The number of nitrogens with zero attached hydrogens (tertiary/aromatic N) is 6. The minimum absolute atomic E-state index is 0.198. The van der Waals surface area contributed by atoms with Crippen molar-refractivity contribution >= 4 is 22.5 Å². The summed E-state index contributed by atoms with van der Waals surface area (Å²) in [6.07, 6.45) is 3.93. The number of aromatic nitrogens is 5. The van der Waals surface area contributed by atoms with Gasteiger partial charge in [-0.05, 0) is 33.6 Å². The van der Waals surface area contributed by atoms with Gasteiger partial charge in [0.25, 0.3) is 0 Å². The molecule has 33 heavy (non-hydrogen) atoms. The molecule has 3 aliphatic heterocycles. The van der Waals surface area contributed by atoms with Gasteiger partial charge in [0.05, 0.1) is 55.8 Å². The van der Waals surface area contributed by atoms with Gasteiger partial charge in [-0.3, -0.25) is 5.10 Å². The highest BCUT2D eigenvalue weighted by Crippen LogP contribution is 2.41. The second kappa shape index (κ2) is 7.68. The van der Waals surface area contributed by atoms with Gasteiger partial charge in [0.15, 0.2) is 11.5 Å². The van der Waals surface area contributed by atoms with Gasteiger partial charge in [-0.15, -0.1) is 0 Å². The molecule has 3 saturated heterocycles. The van der Waals surface area contributed by atoms with Crippen LogP contribution in [0.15, 0.2) is 18.3 Å². The number of aromatic amines is 1. The number of anilines is 2. The first-order valence-corrected chi connectivity index (χ1v) is 11.8. The smallest absolute Gasteiger partial charge is 0.169 e. The van der Waals surface area contributed by atoms with Crippen molar-refractivity contribution in [3.05, 3.63) is 24.0 Å². The summed E-state index contributed by atoms with van der Waals surface area (Å²) in [6, 6.07) is 4.92. The maximum absolute atomic E-state index is 11.1. The van der Waals surface area contributed by atoms with E-state index in [4.69, 9.17) is 19.6 Å². The van der Waals surface area contributed by atoms with E-state index in [0.717, 1.165) is 49.5 Å². The largest absolute Gasteiger partial charge is 0.384 e. The van der Waals surface area contributed by atoms with Crippen LogP contribution in [-0.4, -0.2) is 81.2 Å². The van der Waals surface area contributed by atoms with Crippen molar-refractivity contribution in [1.82, 2.24) is 25.0 Å². The number of hydrogen-bond acceptors (Lipinski definition) is 8. The predicted molar refractivity (Wildman–Crippen MR) is 124 cm³/mol. The molecule has 10 heteroatoms. The number of pyridine rings is 1. The van der Waals surface area contributed by atoms with E-state index in [-0.39, 0.29) is 6.04 Å². The molecule has 3 aliphatic rings. The van der Waals surface area contributed by atoms with Crippen LogP contribution < -0.4 is 9.80 Å². The highest BCUT2D eigenvalue weighted by Gasteiger charge is 2.40. The number of rotatable bonds is 4. The lowest BCUT2D eigenvalue weighted by atomic mass is 10.0. The third-order valence-electron chi connectivity index (χ3n) is 7.08. The normalized spacial score (nSPS) is 25.9. The van der Waals surface area contributed by atoms with Crippen LogP contribution in [0.5, 0.6) is 0 Å². The van der Waals surface area contributed by atoms with E-state index in [0.29, 0.717) is 42.5 Å². The van der Waals surface area contributed by atoms with Crippen LogP contribution >= 0.6 is 0 Å². The van der Waals surface area contributed by atoms with Crippen LogP contribution in [0, 0.1) is 0 Å². The van der Waals surface area contributed by atoms with Gasteiger partial charge < -0.3 is 24.4 Å². The van der Waals surface area contributed by atoms with Gasteiger partial charge in [0.1, 0.15) is 17.1 Å². The Labute approximate surface area is 192 Å². The lowest BCUT2D eigenvalue weighted by Gasteiger charge is -2.38. The second-order valence-corrected chi connectivity index (χ2v) is 9.91. The summed E-state index contributed by atoms with van der Waals surface area (Å²) >= 11 is 0. The van der Waals surface area contributed by atoms with E-state index in [1.165, 1.54) is 0 Å². The van der Waals surface area contributed by atoms with Crippen molar-refractivity contribution in [3.8, 4) is 5.82 Å². The number of ether oxygens (including phenoxy) is 2. The highest BCUT2D eigenvalue weighted by atomic mass is 16.5. The van der Waals surface area contributed by atoms with Crippen molar-refractivity contribution in [2.24, 2.45) is 0 Å². The van der Waals surface area contributed by atoms with Crippen LogP contribution in [0.2, 0.25) is 0 Å². The third-order valence-corrected chi connectivity index (χ3v) is 7.08. The molecular formula is C23H31N7O3. The average molecular weight is 454 g/mol. The van der Waals surface area contributed by atoms with E-state index in [1.807, 2.05) is 6.07 Å². The predicted octanol–water partition coefficient (Wildman–Crippen LogP) is 1.96. The molecule has 6 rings (SSSR count). The van der Waals surface area contributed by atoms with Gasteiger partial charge >= 0.3 is 0 Å². The van der Waals surface area contributed by atoms with Gasteiger partial charge in [-0.2, -0.15) is 14.9 Å². The van der Waals surface area contributed by atoms with Crippen molar-refractivity contribution in [2.45, 2.75) is 57.3 Å². The molecule has 10 nitrogen and oxygen atoms in total. The quantitative estimate of drug-likeness (QED) is 0.618. The summed E-state index contributed by atoms with van der Waals surface area (Å²) < 4.78 is 13.3. The Bertz CT molecular complexity index is 1140. The lowest BCUT2D eigenvalue weighted by molar-refractivity contribution is 0.0748. The summed E-state index contributed by atoms with van der Waals surface area (Å²) in [5, 5.41) is 24.0. The average Bonchev–Trinajstić information content (AvgIpc) is 3.49. The fourth-order valence-corrected chi connectivity index (χ4v) is 5.49. The van der Waals surface area contributed by atoms with Crippen LogP contribution in [0.25, 0.3) is 16.9 Å². The maximum Gasteiger partial charge on any atom is 0.169 e. The Balaban J connectivity index is 1.63. The maximum atomic E-state index is 11.1. The number of morpholine rings is 2. The molecule has 3 aromatic rings. The molecule has 0 radical (unpaired) electrons. The molecule has 0 saturated carbocycles. The van der Waals surface area contributed by atoms with Gasteiger partial charge in [-0.1, -0.05) is 0 Å². The summed E-state index contributed by atoms with van der Waals surface area (Å²) in [7, 11) is 0. The third kappa shape index (κ3) is 3.39. The molecule has 3 atom stereocenters. The lowest BCUT2D eigenvalue weighted by Crippen LogP contribution is -2.47. The molecule has 2 bridgehead atoms. The van der Waals surface area contributed by atoms with Crippen molar-refractivity contribution in [1.29, 1.82) is 0 Å². The van der Waals surface area contributed by atoms with Crippen LogP contribution in [0.1, 0.15) is 39.3 Å². The number of fused-ring (bicyclic) bond motifs is 3. The van der Waals surface area contributed by atoms with E-state index >= 15 is 0 Å². The van der Waals surface area contributed by atoms with Crippen LogP contribution in [0.3, 0.4) is 0 Å². The highest BCUT2D eigenvalue weighted by molar-refractivity contribution is 5.95. The molecule has 0 aliphatic carbocycles. The summed E-state index contributed by atoms with van der Waals surface area (Å²) in [6.45, 7) is 9.28. The van der Waals surface area contributed by atoms with Crippen LogP contribution in [-0.2, 0) is 15.1 Å². The standard InChI is InChI=1S/C23H31N7O3/c1-14-11-32-9-8-28(14)17-10-19(29-15-4-5-16(29)13-33-12-15)25-22-20(17)21(23(2,3)31)27-30(22)18-6-7-24-26-18/h6-7,10,14-16,31H,4-5,8-9,11-13H2,1-3H3,(H,24,26)/t14-,15?,16?/m1/s1. The van der Waals surface area contributed by atoms with Crippen molar-refractivity contribution < 1.29 is 14.6 Å². The van der Waals surface area contributed by atoms with Crippen molar-refractivity contribution in [2.75, 3.05) is 42.8 Å². The SMILES string of the molecule is C[C@@H]1COCCN1c1cc(N2C3CCC2COC3)nc2c1c(C(C)(C)O)nn2-c1ccn[nH]1. The Hall–Kier alpha value is -2.69. The van der Waals surface area contributed by atoms with Gasteiger partial charge in [0.2, 0.25) is 0 Å². The molecule has 3 fully saturated rings. The first kappa shape index (κ1) is 20.9. The molecule has 0 spiro atoms. The minimum atomic E-state index is -1.14. The zero-order chi connectivity index (χ0) is 22.7. The molecule has 0 aromatic carbocycles. The molecule has 0 amide bonds. The van der Waals surface area contributed by atoms with Crippen molar-refractivity contribution in [3.63, 3.8) is 0 Å². The molecule has 2 unspecified atom stereocenters. The first-order valence-electron chi connectivity index (χ1n) is 11.8. The molecular weight excluding hydrogens is 422 g/mol. The molecule has 176 valence electrons.